The van der Waals surface area contributed by atoms with E-state index in [1.807, 2.05) is 24.4 Å². The molecule has 0 bridgehead atoms. The zero-order valence-electron chi connectivity index (χ0n) is 11.9. The lowest BCUT2D eigenvalue weighted by molar-refractivity contribution is 0.478. The molecule has 0 fully saturated rings. The Hall–Kier alpha value is -2.36. The molecule has 0 aliphatic rings. The van der Waals surface area contributed by atoms with Crippen LogP contribution in [0.2, 0.25) is 0 Å². The number of aryl methyl sites for hydroxylation is 1. The van der Waals surface area contributed by atoms with Gasteiger partial charge >= 0.3 is 0 Å². The number of hydrogen-bond acceptors (Lipinski definition) is 3. The molecule has 0 aliphatic carbocycles. The number of rotatable bonds is 3. The van der Waals surface area contributed by atoms with Crippen molar-refractivity contribution in [3.8, 4) is 11.5 Å². The van der Waals surface area contributed by atoms with E-state index in [9.17, 15) is 0 Å². The SMILES string of the molecule is Cc1cc(C(C)C)ccc1Oc1ccn2ncnc2c1. The summed E-state index contributed by atoms with van der Waals surface area (Å²) in [4.78, 5) is 4.15. The molecule has 0 spiro atoms. The third-order valence-corrected chi connectivity index (χ3v) is 3.35. The Morgan fingerprint density at radius 2 is 2.00 bits per heavy atom. The molecule has 102 valence electrons. The van der Waals surface area contributed by atoms with E-state index in [-0.39, 0.29) is 0 Å². The second kappa shape index (κ2) is 4.96. The summed E-state index contributed by atoms with van der Waals surface area (Å²) in [5.41, 5.74) is 3.24. The van der Waals surface area contributed by atoms with Crippen molar-refractivity contribution in [1.29, 1.82) is 0 Å². The second-order valence-corrected chi connectivity index (χ2v) is 5.21. The number of aromatic nitrogens is 3. The molecule has 0 atom stereocenters. The Bertz CT molecular complexity index is 746. The average molecular weight is 267 g/mol. The van der Waals surface area contributed by atoms with Crippen LogP contribution in [0.3, 0.4) is 0 Å². The van der Waals surface area contributed by atoms with E-state index in [0.29, 0.717) is 5.92 Å². The van der Waals surface area contributed by atoms with Gasteiger partial charge in [0.2, 0.25) is 0 Å². The van der Waals surface area contributed by atoms with Crippen molar-refractivity contribution in [1.82, 2.24) is 14.6 Å². The molecule has 2 aromatic heterocycles. The minimum Gasteiger partial charge on any atom is -0.457 e. The molecule has 0 saturated carbocycles. The number of pyridine rings is 1. The van der Waals surface area contributed by atoms with Gasteiger partial charge < -0.3 is 4.74 Å². The average Bonchev–Trinajstić information content (AvgIpc) is 2.88. The third-order valence-electron chi connectivity index (χ3n) is 3.35. The molecule has 3 rings (SSSR count). The van der Waals surface area contributed by atoms with Crippen LogP contribution in [-0.2, 0) is 0 Å². The summed E-state index contributed by atoms with van der Waals surface area (Å²) in [7, 11) is 0. The summed E-state index contributed by atoms with van der Waals surface area (Å²) < 4.78 is 7.65. The highest BCUT2D eigenvalue weighted by atomic mass is 16.5. The summed E-state index contributed by atoms with van der Waals surface area (Å²) >= 11 is 0. The second-order valence-electron chi connectivity index (χ2n) is 5.21. The van der Waals surface area contributed by atoms with Crippen molar-refractivity contribution in [2.75, 3.05) is 0 Å². The van der Waals surface area contributed by atoms with E-state index in [0.717, 1.165) is 22.7 Å². The lowest BCUT2D eigenvalue weighted by Gasteiger charge is -2.12. The number of nitrogens with zero attached hydrogens (tertiary/aromatic N) is 3. The molecule has 0 N–H and O–H groups in total. The van der Waals surface area contributed by atoms with Gasteiger partial charge in [-0.3, -0.25) is 0 Å². The zero-order chi connectivity index (χ0) is 14.1. The van der Waals surface area contributed by atoms with Crippen LogP contribution >= 0.6 is 0 Å². The van der Waals surface area contributed by atoms with Gasteiger partial charge in [0.05, 0.1) is 0 Å². The summed E-state index contributed by atoms with van der Waals surface area (Å²) in [6.07, 6.45) is 3.37. The van der Waals surface area contributed by atoms with Crippen molar-refractivity contribution < 1.29 is 4.74 Å². The van der Waals surface area contributed by atoms with Gasteiger partial charge in [0.15, 0.2) is 5.65 Å². The number of hydrogen-bond donors (Lipinski definition) is 0. The van der Waals surface area contributed by atoms with Crippen molar-refractivity contribution in [2.24, 2.45) is 0 Å². The van der Waals surface area contributed by atoms with E-state index in [1.54, 1.807) is 4.52 Å². The smallest absolute Gasteiger partial charge is 0.158 e. The molecule has 3 aromatic rings. The van der Waals surface area contributed by atoms with Crippen molar-refractivity contribution in [3.05, 3.63) is 54.0 Å². The van der Waals surface area contributed by atoms with E-state index in [2.05, 4.69) is 43.0 Å². The summed E-state index contributed by atoms with van der Waals surface area (Å²) in [6, 6.07) is 10.1. The van der Waals surface area contributed by atoms with Crippen LogP contribution in [0.15, 0.2) is 42.9 Å². The van der Waals surface area contributed by atoms with E-state index in [1.165, 1.54) is 11.9 Å². The summed E-state index contributed by atoms with van der Waals surface area (Å²) in [6.45, 7) is 6.44. The Balaban J connectivity index is 1.90. The summed E-state index contributed by atoms with van der Waals surface area (Å²) in [5.74, 6) is 2.17. The van der Waals surface area contributed by atoms with E-state index >= 15 is 0 Å². The molecular formula is C16H17N3O. The predicted octanol–water partition coefficient (Wildman–Crippen LogP) is 3.95. The maximum absolute atomic E-state index is 5.94. The largest absolute Gasteiger partial charge is 0.457 e. The highest BCUT2D eigenvalue weighted by Crippen LogP contribution is 2.28. The lowest BCUT2D eigenvalue weighted by Crippen LogP contribution is -1.93. The van der Waals surface area contributed by atoms with Gasteiger partial charge in [-0.15, -0.1) is 0 Å². The fraction of sp³-hybridized carbons (Fsp3) is 0.250. The molecule has 0 saturated heterocycles. The van der Waals surface area contributed by atoms with Crippen LogP contribution < -0.4 is 4.74 Å². The van der Waals surface area contributed by atoms with Crippen LogP contribution in [0.1, 0.15) is 30.9 Å². The molecule has 0 aliphatic heterocycles. The standard InChI is InChI=1S/C16H17N3O/c1-11(2)13-4-5-15(12(3)8-13)20-14-6-7-19-16(9-14)17-10-18-19/h4-11H,1-3H3. The van der Waals surface area contributed by atoms with Crippen LogP contribution in [0.5, 0.6) is 11.5 Å². The van der Waals surface area contributed by atoms with Gasteiger partial charge in [0, 0.05) is 12.3 Å². The molecule has 0 radical (unpaired) electrons. The highest BCUT2D eigenvalue weighted by Gasteiger charge is 2.06. The highest BCUT2D eigenvalue weighted by molar-refractivity contribution is 5.46. The van der Waals surface area contributed by atoms with Crippen molar-refractivity contribution in [3.63, 3.8) is 0 Å². The van der Waals surface area contributed by atoms with Crippen molar-refractivity contribution in [2.45, 2.75) is 26.7 Å². The molecule has 0 unspecified atom stereocenters. The topological polar surface area (TPSA) is 39.4 Å². The van der Waals surface area contributed by atoms with Crippen molar-refractivity contribution >= 4 is 5.65 Å². The number of ether oxygens (including phenoxy) is 1. The van der Waals surface area contributed by atoms with E-state index in [4.69, 9.17) is 4.74 Å². The molecule has 2 heterocycles. The van der Waals surface area contributed by atoms with Gasteiger partial charge in [0.25, 0.3) is 0 Å². The van der Waals surface area contributed by atoms with Gasteiger partial charge in [-0.25, -0.2) is 9.50 Å². The maximum atomic E-state index is 5.94. The van der Waals surface area contributed by atoms with Crippen LogP contribution in [0.4, 0.5) is 0 Å². The molecule has 4 nitrogen and oxygen atoms in total. The minimum atomic E-state index is 0.523. The van der Waals surface area contributed by atoms with Gasteiger partial charge in [-0.05, 0) is 36.1 Å². The molecular weight excluding hydrogens is 250 g/mol. The maximum Gasteiger partial charge on any atom is 0.158 e. The minimum absolute atomic E-state index is 0.523. The fourth-order valence-electron chi connectivity index (χ4n) is 2.13. The van der Waals surface area contributed by atoms with E-state index < -0.39 is 0 Å². The number of benzene rings is 1. The van der Waals surface area contributed by atoms with Crippen LogP contribution in [0.25, 0.3) is 5.65 Å². The van der Waals surface area contributed by atoms with Gasteiger partial charge in [0.1, 0.15) is 17.8 Å². The Kier molecular flexibility index (Phi) is 3.14. The first-order chi connectivity index (χ1) is 9.63. The predicted molar refractivity (Wildman–Crippen MR) is 78.3 cm³/mol. The Morgan fingerprint density at radius 3 is 2.75 bits per heavy atom. The lowest BCUT2D eigenvalue weighted by atomic mass is 10.0. The first-order valence-corrected chi connectivity index (χ1v) is 6.71. The monoisotopic (exact) mass is 267 g/mol. The molecule has 20 heavy (non-hydrogen) atoms. The quantitative estimate of drug-likeness (QED) is 0.721. The van der Waals surface area contributed by atoms with Crippen LogP contribution in [0, 0.1) is 6.92 Å². The number of fused-ring (bicyclic) bond motifs is 1. The third kappa shape index (κ3) is 2.37. The Morgan fingerprint density at radius 1 is 1.15 bits per heavy atom. The Labute approximate surface area is 118 Å². The first-order valence-electron chi connectivity index (χ1n) is 6.71. The fourth-order valence-corrected chi connectivity index (χ4v) is 2.13. The summed E-state index contributed by atoms with van der Waals surface area (Å²) in [5, 5.41) is 4.07. The molecule has 1 aromatic carbocycles. The zero-order valence-corrected chi connectivity index (χ0v) is 11.9. The van der Waals surface area contributed by atoms with Gasteiger partial charge in [-0.1, -0.05) is 26.0 Å². The molecule has 4 heteroatoms. The van der Waals surface area contributed by atoms with Gasteiger partial charge in [-0.2, -0.15) is 5.10 Å². The first kappa shape index (κ1) is 12.7. The normalized spacial score (nSPS) is 11.2. The molecule has 0 amide bonds. The van der Waals surface area contributed by atoms with Crippen LogP contribution in [-0.4, -0.2) is 14.6 Å².